The van der Waals surface area contributed by atoms with Crippen LogP contribution in [0.4, 0.5) is 0 Å². The first-order valence-corrected chi connectivity index (χ1v) is 9.59. The standard InChI is InChI=1S/C23H24O5/c1-3-5-13-26-23(25)20(4-2)27-17-11-12-18-19(16-9-7-6-8-10-16)15-22(24)28-21(18)14-17/h6-12,14-15,20H,3-5,13H2,1-2H3. The van der Waals surface area contributed by atoms with Crippen molar-refractivity contribution in [2.75, 3.05) is 6.61 Å². The Labute approximate surface area is 163 Å². The van der Waals surface area contributed by atoms with E-state index in [4.69, 9.17) is 13.9 Å². The van der Waals surface area contributed by atoms with Crippen molar-refractivity contribution in [2.45, 2.75) is 39.2 Å². The average Bonchev–Trinajstić information content (AvgIpc) is 2.71. The van der Waals surface area contributed by atoms with Gasteiger partial charge in [0.25, 0.3) is 0 Å². The molecule has 0 spiro atoms. The van der Waals surface area contributed by atoms with Gasteiger partial charge in [0.1, 0.15) is 11.3 Å². The van der Waals surface area contributed by atoms with E-state index in [2.05, 4.69) is 0 Å². The summed E-state index contributed by atoms with van der Waals surface area (Å²) in [7, 11) is 0. The van der Waals surface area contributed by atoms with Crippen LogP contribution in [0.5, 0.6) is 5.75 Å². The molecule has 0 aliphatic rings. The minimum Gasteiger partial charge on any atom is -0.479 e. The Morgan fingerprint density at radius 3 is 2.57 bits per heavy atom. The summed E-state index contributed by atoms with van der Waals surface area (Å²) in [5.74, 6) is 0.0793. The molecule has 1 aromatic heterocycles. The summed E-state index contributed by atoms with van der Waals surface area (Å²) < 4.78 is 16.4. The summed E-state index contributed by atoms with van der Waals surface area (Å²) in [5.41, 5.74) is 1.71. The zero-order chi connectivity index (χ0) is 19.9. The van der Waals surface area contributed by atoms with Crippen molar-refractivity contribution in [3.8, 4) is 16.9 Å². The summed E-state index contributed by atoms with van der Waals surface area (Å²) in [6, 6.07) is 16.4. The van der Waals surface area contributed by atoms with Gasteiger partial charge in [-0.3, -0.25) is 0 Å². The number of fused-ring (bicyclic) bond motifs is 1. The predicted octanol–water partition coefficient (Wildman–Crippen LogP) is 4.96. The van der Waals surface area contributed by atoms with Crippen molar-refractivity contribution in [3.05, 3.63) is 65.0 Å². The molecule has 0 amide bonds. The van der Waals surface area contributed by atoms with Crippen molar-refractivity contribution in [1.82, 2.24) is 0 Å². The van der Waals surface area contributed by atoms with E-state index in [1.54, 1.807) is 12.1 Å². The zero-order valence-electron chi connectivity index (χ0n) is 16.1. The molecule has 0 saturated heterocycles. The molecule has 0 aliphatic heterocycles. The van der Waals surface area contributed by atoms with E-state index in [1.165, 1.54) is 6.07 Å². The maximum atomic E-state index is 12.2. The molecule has 0 fully saturated rings. The van der Waals surface area contributed by atoms with E-state index < -0.39 is 11.7 Å². The van der Waals surface area contributed by atoms with Crippen LogP contribution in [0.25, 0.3) is 22.1 Å². The molecule has 5 nitrogen and oxygen atoms in total. The minimum absolute atomic E-state index is 0.379. The number of benzene rings is 2. The first-order valence-electron chi connectivity index (χ1n) is 9.59. The lowest BCUT2D eigenvalue weighted by molar-refractivity contribution is -0.152. The third kappa shape index (κ3) is 4.60. The molecule has 1 atom stereocenters. The largest absolute Gasteiger partial charge is 0.479 e. The van der Waals surface area contributed by atoms with E-state index in [1.807, 2.05) is 50.2 Å². The normalized spacial score (nSPS) is 11.9. The lowest BCUT2D eigenvalue weighted by Crippen LogP contribution is -2.29. The Bertz CT molecular complexity index is 991. The summed E-state index contributed by atoms with van der Waals surface area (Å²) in [5, 5.41) is 0.803. The smallest absolute Gasteiger partial charge is 0.347 e. The van der Waals surface area contributed by atoms with Gasteiger partial charge in [-0.15, -0.1) is 0 Å². The highest BCUT2D eigenvalue weighted by Crippen LogP contribution is 2.30. The number of hydrogen-bond donors (Lipinski definition) is 0. The SMILES string of the molecule is CCCCOC(=O)C(CC)Oc1ccc2c(-c3ccccc3)cc(=O)oc2c1. The topological polar surface area (TPSA) is 65.7 Å². The molecular formula is C23H24O5. The van der Waals surface area contributed by atoms with Crippen molar-refractivity contribution in [2.24, 2.45) is 0 Å². The van der Waals surface area contributed by atoms with Gasteiger partial charge in [0.15, 0.2) is 6.10 Å². The Kier molecular flexibility index (Phi) is 6.48. The highest BCUT2D eigenvalue weighted by molar-refractivity contribution is 5.93. The molecule has 2 aromatic carbocycles. The van der Waals surface area contributed by atoms with Gasteiger partial charge in [0.2, 0.25) is 0 Å². The van der Waals surface area contributed by atoms with E-state index in [0.717, 1.165) is 29.4 Å². The molecule has 1 unspecified atom stereocenters. The van der Waals surface area contributed by atoms with Crippen LogP contribution in [-0.4, -0.2) is 18.7 Å². The van der Waals surface area contributed by atoms with E-state index >= 15 is 0 Å². The molecule has 0 aliphatic carbocycles. The number of rotatable bonds is 8. The molecular weight excluding hydrogens is 356 g/mol. The van der Waals surface area contributed by atoms with Gasteiger partial charge in [-0.05, 0) is 36.1 Å². The second kappa shape index (κ2) is 9.22. The summed E-state index contributed by atoms with van der Waals surface area (Å²) in [6.45, 7) is 4.29. The Balaban J connectivity index is 1.88. The van der Waals surface area contributed by atoms with Crippen LogP contribution < -0.4 is 10.4 Å². The molecule has 146 valence electrons. The lowest BCUT2D eigenvalue weighted by Gasteiger charge is -2.17. The highest BCUT2D eigenvalue weighted by Gasteiger charge is 2.20. The molecule has 28 heavy (non-hydrogen) atoms. The fourth-order valence-electron chi connectivity index (χ4n) is 2.95. The summed E-state index contributed by atoms with van der Waals surface area (Å²) in [6.07, 6.45) is 1.57. The van der Waals surface area contributed by atoms with E-state index in [-0.39, 0.29) is 5.97 Å². The molecule has 0 bridgehead atoms. The van der Waals surface area contributed by atoms with Crippen LogP contribution in [0.3, 0.4) is 0 Å². The third-order valence-electron chi connectivity index (χ3n) is 4.46. The molecule has 3 aromatic rings. The third-order valence-corrected chi connectivity index (χ3v) is 4.46. The van der Waals surface area contributed by atoms with Crippen LogP contribution in [0.1, 0.15) is 33.1 Å². The molecule has 0 radical (unpaired) electrons. The maximum absolute atomic E-state index is 12.2. The summed E-state index contributed by atoms with van der Waals surface area (Å²) in [4.78, 5) is 24.2. The molecule has 0 saturated carbocycles. The van der Waals surface area contributed by atoms with E-state index in [0.29, 0.717) is 24.4 Å². The maximum Gasteiger partial charge on any atom is 0.347 e. The molecule has 3 rings (SSSR count). The zero-order valence-corrected chi connectivity index (χ0v) is 16.1. The van der Waals surface area contributed by atoms with Gasteiger partial charge in [0, 0.05) is 17.5 Å². The van der Waals surface area contributed by atoms with Crippen LogP contribution in [0.2, 0.25) is 0 Å². The van der Waals surface area contributed by atoms with Gasteiger partial charge >= 0.3 is 11.6 Å². The first kappa shape index (κ1) is 19.7. The van der Waals surface area contributed by atoms with Crippen molar-refractivity contribution in [1.29, 1.82) is 0 Å². The quantitative estimate of drug-likeness (QED) is 0.314. The van der Waals surface area contributed by atoms with Gasteiger partial charge in [0.05, 0.1) is 6.61 Å². The number of unbranched alkanes of at least 4 members (excludes halogenated alkanes) is 1. The van der Waals surface area contributed by atoms with Crippen LogP contribution in [0, 0.1) is 0 Å². The lowest BCUT2D eigenvalue weighted by atomic mass is 10.0. The van der Waals surface area contributed by atoms with Crippen molar-refractivity contribution in [3.63, 3.8) is 0 Å². The second-order valence-electron chi connectivity index (χ2n) is 6.54. The second-order valence-corrected chi connectivity index (χ2v) is 6.54. The first-order chi connectivity index (χ1) is 13.6. The van der Waals surface area contributed by atoms with Crippen molar-refractivity contribution < 1.29 is 18.7 Å². The Morgan fingerprint density at radius 1 is 1.07 bits per heavy atom. The minimum atomic E-state index is -0.696. The number of carbonyl (C=O) groups excluding carboxylic acids is 1. The van der Waals surface area contributed by atoms with E-state index in [9.17, 15) is 9.59 Å². The monoisotopic (exact) mass is 380 g/mol. The molecule has 0 N–H and O–H groups in total. The predicted molar refractivity (Wildman–Crippen MR) is 108 cm³/mol. The van der Waals surface area contributed by atoms with Crippen molar-refractivity contribution >= 4 is 16.9 Å². The summed E-state index contributed by atoms with van der Waals surface area (Å²) >= 11 is 0. The van der Waals surface area contributed by atoms with Gasteiger partial charge in [-0.2, -0.15) is 0 Å². The number of hydrogen-bond acceptors (Lipinski definition) is 5. The Hall–Kier alpha value is -3.08. The number of ether oxygens (including phenoxy) is 2. The fraction of sp³-hybridized carbons (Fsp3) is 0.304. The Morgan fingerprint density at radius 2 is 1.86 bits per heavy atom. The number of carbonyl (C=O) groups is 1. The van der Waals surface area contributed by atoms with Gasteiger partial charge in [-0.25, -0.2) is 9.59 Å². The van der Waals surface area contributed by atoms with Crippen LogP contribution in [0.15, 0.2) is 63.8 Å². The average molecular weight is 380 g/mol. The van der Waals surface area contributed by atoms with Crippen LogP contribution in [-0.2, 0) is 9.53 Å². The van der Waals surface area contributed by atoms with Gasteiger partial charge < -0.3 is 13.9 Å². The number of esters is 1. The molecule has 5 heteroatoms. The van der Waals surface area contributed by atoms with Crippen LogP contribution >= 0.6 is 0 Å². The fourth-order valence-corrected chi connectivity index (χ4v) is 2.95. The highest BCUT2D eigenvalue weighted by atomic mass is 16.6. The molecule has 1 heterocycles. The van der Waals surface area contributed by atoms with Gasteiger partial charge in [-0.1, -0.05) is 50.6 Å².